The summed E-state index contributed by atoms with van der Waals surface area (Å²) < 4.78 is 12.2. The first-order chi connectivity index (χ1) is 15.9. The number of nitrogens with two attached hydrogens (primary N) is 1. The van der Waals surface area contributed by atoms with E-state index in [-0.39, 0.29) is 24.0 Å². The first-order valence-corrected chi connectivity index (χ1v) is 12.0. The molecule has 186 valence electrons. The van der Waals surface area contributed by atoms with Gasteiger partial charge in [0, 0.05) is 23.6 Å². The first kappa shape index (κ1) is 27.3. The molecular weight excluding hydrogens is 456 g/mol. The van der Waals surface area contributed by atoms with E-state index in [2.05, 4.69) is 10.3 Å². The van der Waals surface area contributed by atoms with Gasteiger partial charge >= 0.3 is 5.97 Å². The van der Waals surface area contributed by atoms with E-state index in [0.29, 0.717) is 28.2 Å². The molecule has 0 unspecified atom stereocenters. The number of nitrogens with zero attached hydrogens (tertiary/aromatic N) is 2. The molecule has 1 aromatic carbocycles. The Balaban J connectivity index is 2.15. The number of methoxy groups -OCH3 is 1. The normalized spacial score (nSPS) is 13.8. The van der Waals surface area contributed by atoms with Gasteiger partial charge in [-0.25, -0.2) is 0 Å². The number of hydrogen-bond acceptors (Lipinski definition) is 7. The quantitative estimate of drug-likeness (QED) is 0.518. The molecule has 2 amide bonds. The van der Waals surface area contributed by atoms with Gasteiger partial charge in [-0.1, -0.05) is 41.0 Å². The topological polar surface area (TPSA) is 125 Å². The van der Waals surface area contributed by atoms with Crippen molar-refractivity contribution in [3.8, 4) is 5.75 Å². The van der Waals surface area contributed by atoms with Crippen molar-refractivity contribution in [1.82, 2.24) is 4.57 Å². The summed E-state index contributed by atoms with van der Waals surface area (Å²) in [5.41, 5.74) is 6.52. The van der Waals surface area contributed by atoms with E-state index in [1.165, 1.54) is 24.5 Å². The van der Waals surface area contributed by atoms with Gasteiger partial charge in [-0.3, -0.25) is 19.0 Å². The van der Waals surface area contributed by atoms with Crippen molar-refractivity contribution in [3.63, 3.8) is 0 Å². The van der Waals surface area contributed by atoms with Gasteiger partial charge in [0.1, 0.15) is 11.8 Å². The molecule has 1 aromatic heterocycles. The summed E-state index contributed by atoms with van der Waals surface area (Å²) in [6, 6.07) is 4.01. The Morgan fingerprint density at radius 3 is 2.59 bits per heavy atom. The van der Waals surface area contributed by atoms with Crippen molar-refractivity contribution in [2.75, 3.05) is 12.4 Å². The van der Waals surface area contributed by atoms with Crippen LogP contribution >= 0.6 is 11.3 Å². The minimum absolute atomic E-state index is 0.00177. The second-order valence-electron chi connectivity index (χ2n) is 9.28. The minimum atomic E-state index is -0.707. The molecule has 1 heterocycles. The number of benzene rings is 1. The van der Waals surface area contributed by atoms with E-state index < -0.39 is 17.9 Å². The molecule has 3 N–H and O–H groups in total. The predicted molar refractivity (Wildman–Crippen MR) is 131 cm³/mol. The third-order valence-corrected chi connectivity index (χ3v) is 5.94. The highest BCUT2D eigenvalue weighted by atomic mass is 32.1. The van der Waals surface area contributed by atoms with E-state index >= 15 is 0 Å². The second kappa shape index (κ2) is 11.9. The zero-order chi connectivity index (χ0) is 25.5. The molecule has 2 aromatic rings. The summed E-state index contributed by atoms with van der Waals surface area (Å²) in [5, 5.41) is 4.56. The summed E-state index contributed by atoms with van der Waals surface area (Å²) in [5.74, 6) is -0.780. The first-order valence-electron chi connectivity index (χ1n) is 11.1. The fraction of sp³-hybridized carbons (Fsp3) is 0.500. The molecule has 0 fully saturated rings. The third kappa shape index (κ3) is 7.81. The maximum absolute atomic E-state index is 12.8. The number of anilines is 1. The molecule has 0 aliphatic heterocycles. The number of carbonyl (C=O) groups is 3. The van der Waals surface area contributed by atoms with Crippen molar-refractivity contribution in [1.29, 1.82) is 0 Å². The van der Waals surface area contributed by atoms with E-state index in [1.54, 1.807) is 28.3 Å². The number of amides is 2. The molecule has 0 saturated carbocycles. The van der Waals surface area contributed by atoms with Crippen molar-refractivity contribution >= 4 is 34.8 Å². The van der Waals surface area contributed by atoms with Gasteiger partial charge in [-0.2, -0.15) is 4.99 Å². The van der Waals surface area contributed by atoms with E-state index in [0.717, 1.165) is 6.42 Å². The van der Waals surface area contributed by atoms with Crippen LogP contribution in [0.2, 0.25) is 0 Å². The summed E-state index contributed by atoms with van der Waals surface area (Å²) in [6.07, 6.45) is 2.78. The Bertz CT molecular complexity index is 1080. The molecule has 0 bridgehead atoms. The number of esters is 1. The number of nitrogens with one attached hydrogen (secondary N) is 1. The molecule has 0 radical (unpaired) electrons. The molecular formula is C24H34N4O5S. The number of ether oxygens (including phenoxy) is 2. The zero-order valence-corrected chi connectivity index (χ0v) is 21.4. The summed E-state index contributed by atoms with van der Waals surface area (Å²) in [6.45, 7) is 9.68. The standard InChI is InChI=1S/C24H34N4O5S/c1-7-15(2)20(25)22(31)33-14-28-10-11-34-23(28)27-21(30)16-8-9-17(18(12-16)32-6)26-19(29)13-24(3,4)5/h8-12,15,20H,7,13-14,25H2,1-6H3,(H,26,29)/b27-23-/t15-,20-/m0/s1. The Morgan fingerprint density at radius 2 is 1.97 bits per heavy atom. The van der Waals surface area contributed by atoms with Crippen LogP contribution in [0.15, 0.2) is 34.8 Å². The maximum Gasteiger partial charge on any atom is 0.324 e. The second-order valence-corrected chi connectivity index (χ2v) is 10.1. The highest BCUT2D eigenvalue weighted by Crippen LogP contribution is 2.27. The van der Waals surface area contributed by atoms with Gasteiger partial charge in [0.2, 0.25) is 5.91 Å². The van der Waals surface area contributed by atoms with Crippen LogP contribution in [0.3, 0.4) is 0 Å². The van der Waals surface area contributed by atoms with Gasteiger partial charge in [0.05, 0.1) is 12.8 Å². The highest BCUT2D eigenvalue weighted by molar-refractivity contribution is 7.07. The van der Waals surface area contributed by atoms with Crippen molar-refractivity contribution in [3.05, 3.63) is 40.1 Å². The number of aromatic nitrogens is 1. The van der Waals surface area contributed by atoms with Crippen LogP contribution < -0.4 is 20.6 Å². The zero-order valence-electron chi connectivity index (χ0n) is 20.6. The lowest BCUT2D eigenvalue weighted by atomic mass is 9.92. The number of carbonyl (C=O) groups excluding carboxylic acids is 3. The van der Waals surface area contributed by atoms with Crippen LogP contribution in [0.5, 0.6) is 5.75 Å². The van der Waals surface area contributed by atoms with Crippen molar-refractivity contribution in [2.45, 2.75) is 60.2 Å². The maximum atomic E-state index is 12.8. The Hall–Kier alpha value is -2.98. The number of rotatable bonds is 9. The molecule has 0 aliphatic rings. The number of thiazole rings is 1. The fourth-order valence-corrected chi connectivity index (χ4v) is 3.67. The molecule has 0 spiro atoms. The number of hydrogen-bond donors (Lipinski definition) is 2. The Morgan fingerprint density at radius 1 is 1.26 bits per heavy atom. The lowest BCUT2D eigenvalue weighted by Crippen LogP contribution is -2.38. The van der Waals surface area contributed by atoms with Crippen LogP contribution in [0.25, 0.3) is 0 Å². The van der Waals surface area contributed by atoms with Gasteiger partial charge in [-0.05, 0) is 29.5 Å². The largest absolute Gasteiger partial charge is 0.495 e. The van der Waals surface area contributed by atoms with Crippen LogP contribution in [-0.2, 0) is 21.1 Å². The van der Waals surface area contributed by atoms with Gasteiger partial charge in [0.25, 0.3) is 5.91 Å². The predicted octanol–water partition coefficient (Wildman–Crippen LogP) is 3.55. The Kier molecular flexibility index (Phi) is 9.57. The lowest BCUT2D eigenvalue weighted by molar-refractivity contribution is -0.150. The van der Waals surface area contributed by atoms with Crippen LogP contribution in [0, 0.1) is 11.3 Å². The average Bonchev–Trinajstić information content (AvgIpc) is 3.21. The molecule has 0 aliphatic carbocycles. The third-order valence-electron chi connectivity index (χ3n) is 5.15. The monoisotopic (exact) mass is 490 g/mol. The summed E-state index contributed by atoms with van der Waals surface area (Å²) in [7, 11) is 1.46. The van der Waals surface area contributed by atoms with Gasteiger partial charge in [0.15, 0.2) is 11.5 Å². The lowest BCUT2D eigenvalue weighted by Gasteiger charge is -2.18. The smallest absolute Gasteiger partial charge is 0.324 e. The molecule has 9 nitrogen and oxygen atoms in total. The molecule has 10 heteroatoms. The van der Waals surface area contributed by atoms with E-state index in [9.17, 15) is 14.4 Å². The van der Waals surface area contributed by atoms with Crippen molar-refractivity contribution < 1.29 is 23.9 Å². The molecule has 2 atom stereocenters. The Labute approximate surface area is 204 Å². The summed E-state index contributed by atoms with van der Waals surface area (Å²) in [4.78, 5) is 41.7. The van der Waals surface area contributed by atoms with Crippen LogP contribution in [-0.4, -0.2) is 35.5 Å². The van der Waals surface area contributed by atoms with Crippen molar-refractivity contribution in [2.24, 2.45) is 22.1 Å². The molecule has 2 rings (SSSR count). The molecule has 0 saturated heterocycles. The van der Waals surface area contributed by atoms with Gasteiger partial charge < -0.3 is 20.5 Å². The van der Waals surface area contributed by atoms with Crippen LogP contribution in [0.4, 0.5) is 5.69 Å². The average molecular weight is 491 g/mol. The van der Waals surface area contributed by atoms with Crippen LogP contribution in [0.1, 0.15) is 57.8 Å². The van der Waals surface area contributed by atoms with E-state index in [1.807, 2.05) is 34.6 Å². The summed E-state index contributed by atoms with van der Waals surface area (Å²) >= 11 is 1.23. The van der Waals surface area contributed by atoms with Gasteiger partial charge in [-0.15, -0.1) is 11.3 Å². The molecule has 34 heavy (non-hydrogen) atoms. The highest BCUT2D eigenvalue weighted by Gasteiger charge is 2.21. The SMILES string of the molecule is CC[C@H](C)[C@H](N)C(=O)OCn1ccs/c1=N\C(=O)c1ccc(NC(=O)CC(C)(C)C)c(OC)c1. The van der Waals surface area contributed by atoms with E-state index in [4.69, 9.17) is 15.2 Å². The minimum Gasteiger partial charge on any atom is -0.495 e. The fourth-order valence-electron chi connectivity index (χ4n) is 2.96.